The van der Waals surface area contributed by atoms with E-state index < -0.39 is 41.7 Å². The van der Waals surface area contributed by atoms with Crippen molar-refractivity contribution in [1.29, 1.82) is 0 Å². The van der Waals surface area contributed by atoms with Gasteiger partial charge in [-0.3, -0.25) is 9.59 Å². The lowest BCUT2D eigenvalue weighted by atomic mass is 10.2. The fourth-order valence-corrected chi connectivity index (χ4v) is 2.70. The number of alkyl halides is 3. The van der Waals surface area contributed by atoms with E-state index in [0.29, 0.717) is 10.4 Å². The van der Waals surface area contributed by atoms with Crippen LogP contribution in [0.5, 0.6) is 0 Å². The van der Waals surface area contributed by atoms with Crippen molar-refractivity contribution < 1.29 is 27.2 Å². The molecule has 0 unspecified atom stereocenters. The van der Waals surface area contributed by atoms with Crippen LogP contribution >= 0.6 is 15.9 Å². The van der Waals surface area contributed by atoms with E-state index in [1.807, 2.05) is 0 Å². The monoisotopic (exact) mass is 485 g/mol. The van der Waals surface area contributed by atoms with Gasteiger partial charge in [-0.25, -0.2) is 9.07 Å². The highest BCUT2D eigenvalue weighted by atomic mass is 79.9. The molecule has 12 heteroatoms. The molecular weight excluding hydrogens is 474 g/mol. The number of aromatic nitrogens is 3. The Bertz CT molecular complexity index is 1070. The number of anilines is 1. The number of rotatable bonds is 5. The molecule has 156 valence electrons. The summed E-state index contributed by atoms with van der Waals surface area (Å²) in [6.45, 7) is -0.588. The first-order valence-corrected chi connectivity index (χ1v) is 9.07. The summed E-state index contributed by atoms with van der Waals surface area (Å²) in [5.74, 6) is -2.53. The zero-order valence-corrected chi connectivity index (χ0v) is 16.5. The van der Waals surface area contributed by atoms with Gasteiger partial charge in [-0.05, 0) is 48.5 Å². The summed E-state index contributed by atoms with van der Waals surface area (Å²) in [7, 11) is 0. The normalized spacial score (nSPS) is 11.2. The van der Waals surface area contributed by atoms with Crippen LogP contribution < -0.4 is 10.6 Å². The van der Waals surface area contributed by atoms with E-state index in [0.717, 1.165) is 28.7 Å². The zero-order valence-electron chi connectivity index (χ0n) is 14.9. The van der Waals surface area contributed by atoms with Gasteiger partial charge in [0.25, 0.3) is 5.91 Å². The Hall–Kier alpha value is -3.28. The van der Waals surface area contributed by atoms with E-state index in [2.05, 4.69) is 36.9 Å². The summed E-state index contributed by atoms with van der Waals surface area (Å²) in [6, 6.07) is 10.6. The van der Waals surface area contributed by atoms with Gasteiger partial charge in [0.2, 0.25) is 5.91 Å². The molecule has 1 heterocycles. The molecule has 0 fully saturated rings. The van der Waals surface area contributed by atoms with E-state index in [9.17, 15) is 27.2 Å². The van der Waals surface area contributed by atoms with Crippen LogP contribution in [0.2, 0.25) is 0 Å². The highest BCUT2D eigenvalue weighted by molar-refractivity contribution is 9.10. The van der Waals surface area contributed by atoms with Crippen molar-refractivity contribution in [3.05, 3.63) is 70.2 Å². The van der Waals surface area contributed by atoms with Crippen molar-refractivity contribution in [2.75, 3.05) is 11.9 Å². The van der Waals surface area contributed by atoms with Crippen LogP contribution in [0.25, 0.3) is 5.69 Å². The van der Waals surface area contributed by atoms with Gasteiger partial charge in [-0.15, -0.1) is 5.10 Å². The number of carbonyl (C=O) groups excluding carboxylic acids is 2. The first-order chi connectivity index (χ1) is 14.1. The molecule has 3 rings (SSSR count). The summed E-state index contributed by atoms with van der Waals surface area (Å²) in [6.07, 6.45) is -4.98. The quantitative estimate of drug-likeness (QED) is 0.540. The van der Waals surface area contributed by atoms with Crippen molar-refractivity contribution in [2.45, 2.75) is 6.18 Å². The third-order valence-electron chi connectivity index (χ3n) is 3.76. The second kappa shape index (κ2) is 8.61. The smallest absolute Gasteiger partial charge is 0.341 e. The lowest BCUT2D eigenvalue weighted by Gasteiger charge is -2.11. The van der Waals surface area contributed by atoms with Crippen molar-refractivity contribution in [2.24, 2.45) is 0 Å². The first-order valence-electron chi connectivity index (χ1n) is 8.27. The Kier molecular flexibility index (Phi) is 6.15. The predicted octanol–water partition coefficient (Wildman–Crippen LogP) is 3.56. The van der Waals surface area contributed by atoms with E-state index >= 15 is 0 Å². The Morgan fingerprint density at radius 2 is 1.67 bits per heavy atom. The van der Waals surface area contributed by atoms with E-state index in [1.165, 1.54) is 0 Å². The summed E-state index contributed by atoms with van der Waals surface area (Å²) < 4.78 is 54.9. The standard InChI is InChI=1S/C18H12BrF4N5O2/c19-10-1-5-12(6-2-10)25-14(29)9-24-17(30)15-16(18(21,22)23)28(27-26-15)13-7-3-11(20)4-8-13/h1-8H,9H2,(H,24,30)(H,25,29). The molecule has 0 saturated carbocycles. The lowest BCUT2D eigenvalue weighted by Crippen LogP contribution is -2.34. The molecule has 2 aromatic carbocycles. The SMILES string of the molecule is O=C(CNC(=O)c1nnn(-c2ccc(F)cc2)c1C(F)(F)F)Nc1ccc(Br)cc1. The highest BCUT2D eigenvalue weighted by Crippen LogP contribution is 2.32. The summed E-state index contributed by atoms with van der Waals surface area (Å²) in [4.78, 5) is 24.2. The average molecular weight is 486 g/mol. The van der Waals surface area contributed by atoms with Crippen LogP contribution in [0.3, 0.4) is 0 Å². The Balaban J connectivity index is 1.76. The van der Waals surface area contributed by atoms with Crippen molar-refractivity contribution in [3.63, 3.8) is 0 Å². The van der Waals surface area contributed by atoms with Gasteiger partial charge in [-0.2, -0.15) is 13.2 Å². The van der Waals surface area contributed by atoms with Gasteiger partial charge in [0.15, 0.2) is 11.4 Å². The predicted molar refractivity (Wildman–Crippen MR) is 101 cm³/mol. The molecule has 1 aromatic heterocycles. The molecule has 2 N–H and O–H groups in total. The molecule has 0 spiro atoms. The number of hydrogen-bond acceptors (Lipinski definition) is 4. The van der Waals surface area contributed by atoms with E-state index in [1.54, 1.807) is 24.3 Å². The maximum Gasteiger partial charge on any atom is 0.435 e. The minimum atomic E-state index is -4.98. The van der Waals surface area contributed by atoms with Gasteiger partial charge in [0, 0.05) is 10.2 Å². The second-order valence-electron chi connectivity index (χ2n) is 5.91. The second-order valence-corrected chi connectivity index (χ2v) is 6.83. The number of halogens is 5. The summed E-state index contributed by atoms with van der Waals surface area (Å²) >= 11 is 3.24. The van der Waals surface area contributed by atoms with Gasteiger partial charge < -0.3 is 10.6 Å². The molecular formula is C18H12BrF4N5O2. The lowest BCUT2D eigenvalue weighted by molar-refractivity contribution is -0.143. The zero-order chi connectivity index (χ0) is 21.9. The number of carbonyl (C=O) groups is 2. The van der Waals surface area contributed by atoms with E-state index in [-0.39, 0.29) is 5.69 Å². The molecule has 0 atom stereocenters. The minimum absolute atomic E-state index is 0.136. The Morgan fingerprint density at radius 1 is 1.03 bits per heavy atom. The van der Waals surface area contributed by atoms with Crippen LogP contribution in [0.15, 0.2) is 53.0 Å². The third kappa shape index (κ3) is 5.00. The molecule has 0 saturated heterocycles. The molecule has 0 bridgehead atoms. The summed E-state index contributed by atoms with van der Waals surface area (Å²) in [5.41, 5.74) is -2.15. The maximum atomic E-state index is 13.5. The van der Waals surface area contributed by atoms with Crippen LogP contribution in [-0.2, 0) is 11.0 Å². The third-order valence-corrected chi connectivity index (χ3v) is 4.29. The van der Waals surface area contributed by atoms with E-state index in [4.69, 9.17) is 0 Å². The fraction of sp³-hybridized carbons (Fsp3) is 0.111. The van der Waals surface area contributed by atoms with Gasteiger partial charge in [0.05, 0.1) is 12.2 Å². The number of nitrogens with zero attached hydrogens (tertiary/aromatic N) is 3. The fourth-order valence-electron chi connectivity index (χ4n) is 2.43. The Labute approximate surface area is 175 Å². The minimum Gasteiger partial charge on any atom is -0.341 e. The molecule has 2 amide bonds. The largest absolute Gasteiger partial charge is 0.435 e. The Morgan fingerprint density at radius 3 is 2.27 bits per heavy atom. The molecule has 0 radical (unpaired) electrons. The van der Waals surface area contributed by atoms with Crippen LogP contribution in [0.1, 0.15) is 16.2 Å². The van der Waals surface area contributed by atoms with Gasteiger partial charge in [-0.1, -0.05) is 21.1 Å². The van der Waals surface area contributed by atoms with Crippen molar-refractivity contribution in [1.82, 2.24) is 20.3 Å². The van der Waals surface area contributed by atoms with Crippen LogP contribution in [-0.4, -0.2) is 33.4 Å². The molecule has 0 aliphatic heterocycles. The number of benzene rings is 2. The molecule has 30 heavy (non-hydrogen) atoms. The maximum absolute atomic E-state index is 13.5. The topological polar surface area (TPSA) is 88.9 Å². The highest BCUT2D eigenvalue weighted by Gasteiger charge is 2.42. The molecule has 3 aromatic rings. The van der Waals surface area contributed by atoms with Crippen molar-refractivity contribution >= 4 is 33.4 Å². The number of amides is 2. The number of hydrogen-bond donors (Lipinski definition) is 2. The first kappa shape index (κ1) is 21.4. The molecule has 0 aliphatic rings. The molecule has 0 aliphatic carbocycles. The number of nitrogens with one attached hydrogen (secondary N) is 2. The van der Waals surface area contributed by atoms with Crippen molar-refractivity contribution in [3.8, 4) is 5.69 Å². The molecule has 7 nitrogen and oxygen atoms in total. The van der Waals surface area contributed by atoms with Crippen LogP contribution in [0.4, 0.5) is 23.2 Å². The van der Waals surface area contributed by atoms with Gasteiger partial charge >= 0.3 is 6.18 Å². The average Bonchev–Trinajstić information content (AvgIpc) is 3.14. The van der Waals surface area contributed by atoms with Gasteiger partial charge in [0.1, 0.15) is 5.82 Å². The van der Waals surface area contributed by atoms with Crippen LogP contribution in [0, 0.1) is 5.82 Å². The summed E-state index contributed by atoms with van der Waals surface area (Å²) in [5, 5.41) is 11.2.